The van der Waals surface area contributed by atoms with Crippen molar-refractivity contribution < 1.29 is 23.8 Å². The van der Waals surface area contributed by atoms with Gasteiger partial charge in [0.15, 0.2) is 0 Å². The number of methoxy groups -OCH3 is 2. The Morgan fingerprint density at radius 2 is 1.75 bits per heavy atom. The maximum Gasteiger partial charge on any atom is 0.317 e. The van der Waals surface area contributed by atoms with Gasteiger partial charge in [-0.15, -0.1) is 0 Å². The fraction of sp³-hybridized carbons (Fsp3) is 0.714. The van der Waals surface area contributed by atoms with Gasteiger partial charge in [-0.2, -0.15) is 0 Å². The number of esters is 1. The van der Waals surface area contributed by atoms with E-state index in [2.05, 4.69) is 14.2 Å². The van der Waals surface area contributed by atoms with Crippen LogP contribution in [0.2, 0.25) is 0 Å². The van der Waals surface area contributed by atoms with Crippen LogP contribution in [0, 0.1) is 0 Å². The number of Topliss-reactive ketones (excluding diaryl/α,β-unsaturated/α-hetero) is 1. The number of carbonyl (C=O) groups is 2. The minimum Gasteiger partial charge on any atom is -0.410 e. The summed E-state index contributed by atoms with van der Waals surface area (Å²) in [5.74, 6) is -0.915. The smallest absolute Gasteiger partial charge is 0.317 e. The Balaban J connectivity index is 3.74. The molecule has 0 aliphatic heterocycles. The van der Waals surface area contributed by atoms with Crippen LogP contribution in [0.4, 0.5) is 0 Å². The van der Waals surface area contributed by atoms with E-state index in [0.29, 0.717) is 0 Å². The molecule has 0 atom stereocenters. The normalized spacial score (nSPS) is 10.0. The van der Waals surface area contributed by atoms with Crippen LogP contribution in [0.1, 0.15) is 13.3 Å². The van der Waals surface area contributed by atoms with Crippen molar-refractivity contribution in [1.82, 2.24) is 0 Å². The molecule has 0 aliphatic rings. The highest BCUT2D eigenvalue weighted by Crippen LogP contribution is 1.97. The molecule has 0 aromatic carbocycles. The molecule has 5 heteroatoms. The molecular formula is C7H12O5. The van der Waals surface area contributed by atoms with Gasteiger partial charge in [0.25, 0.3) is 0 Å². The maximum atomic E-state index is 10.8. The van der Waals surface area contributed by atoms with Crippen molar-refractivity contribution in [3.63, 3.8) is 0 Å². The lowest BCUT2D eigenvalue weighted by Crippen LogP contribution is -2.22. The zero-order valence-corrected chi connectivity index (χ0v) is 7.33. The Hall–Kier alpha value is -0.940. The predicted octanol–water partition coefficient (Wildman–Crippen LogP) is 0.0851. The summed E-state index contributed by atoms with van der Waals surface area (Å²) >= 11 is 0. The molecule has 0 bridgehead atoms. The molecule has 0 N–H and O–H groups in total. The van der Waals surface area contributed by atoms with E-state index < -0.39 is 12.4 Å². The predicted molar refractivity (Wildman–Crippen MR) is 39.2 cm³/mol. The van der Waals surface area contributed by atoms with Gasteiger partial charge in [0.1, 0.15) is 12.2 Å². The van der Waals surface area contributed by atoms with E-state index in [4.69, 9.17) is 0 Å². The van der Waals surface area contributed by atoms with Crippen LogP contribution in [0.5, 0.6) is 0 Å². The molecular weight excluding hydrogens is 164 g/mol. The maximum absolute atomic E-state index is 10.8. The highest BCUT2D eigenvalue weighted by Gasteiger charge is 2.13. The van der Waals surface area contributed by atoms with E-state index in [1.807, 2.05) is 0 Å². The van der Waals surface area contributed by atoms with Gasteiger partial charge < -0.3 is 14.2 Å². The summed E-state index contributed by atoms with van der Waals surface area (Å²) in [6.07, 6.45) is -0.261. The first-order valence-corrected chi connectivity index (χ1v) is 3.34. The Morgan fingerprint density at radius 3 is 2.08 bits per heavy atom. The summed E-state index contributed by atoms with van der Waals surface area (Å²) in [5.41, 5.74) is 0. The first-order valence-electron chi connectivity index (χ1n) is 3.34. The van der Waals surface area contributed by atoms with Gasteiger partial charge in [-0.1, -0.05) is 0 Å². The number of carbonyl (C=O) groups excluding carboxylic acids is 2. The van der Waals surface area contributed by atoms with Gasteiger partial charge in [-0.3, -0.25) is 9.59 Å². The van der Waals surface area contributed by atoms with Gasteiger partial charge in [0.2, 0.25) is 0 Å². The van der Waals surface area contributed by atoms with E-state index in [1.54, 1.807) is 0 Å². The quantitative estimate of drug-likeness (QED) is 0.337. The van der Waals surface area contributed by atoms with Gasteiger partial charge >= 0.3 is 12.4 Å². The standard InChI is InChI=1S/C7H12O5/c1-5(8)4-6(9)12-7(10-2)11-3/h7H,4H2,1-3H3. The van der Waals surface area contributed by atoms with Crippen LogP contribution in [-0.4, -0.2) is 32.4 Å². The molecule has 70 valence electrons. The first kappa shape index (κ1) is 11.1. The average Bonchev–Trinajstić information content (AvgIpc) is 1.98. The molecule has 5 nitrogen and oxygen atoms in total. The van der Waals surface area contributed by atoms with E-state index in [-0.39, 0.29) is 12.2 Å². The molecule has 0 aromatic heterocycles. The number of rotatable bonds is 5. The highest BCUT2D eigenvalue weighted by molar-refractivity contribution is 5.94. The lowest BCUT2D eigenvalue weighted by molar-refractivity contribution is -0.254. The summed E-state index contributed by atoms with van der Waals surface area (Å²) in [4.78, 5) is 21.2. The minimum atomic E-state index is -1.03. The van der Waals surface area contributed by atoms with Crippen LogP contribution in [0.3, 0.4) is 0 Å². The molecule has 0 saturated heterocycles. The number of ether oxygens (including phenoxy) is 3. The second-order valence-electron chi connectivity index (χ2n) is 2.13. The molecule has 0 heterocycles. The van der Waals surface area contributed by atoms with E-state index in [9.17, 15) is 9.59 Å². The zero-order valence-electron chi connectivity index (χ0n) is 7.33. The summed E-state index contributed by atoms with van der Waals surface area (Å²) < 4.78 is 13.7. The molecule has 0 amide bonds. The first-order chi connectivity index (χ1) is 5.60. The summed E-state index contributed by atoms with van der Waals surface area (Å²) in [6.45, 7) is 0.271. The summed E-state index contributed by atoms with van der Waals surface area (Å²) in [5, 5.41) is 0. The lowest BCUT2D eigenvalue weighted by Gasteiger charge is -2.12. The zero-order chi connectivity index (χ0) is 9.56. The van der Waals surface area contributed by atoms with Gasteiger partial charge in [-0.05, 0) is 6.92 Å². The number of hydrogen-bond donors (Lipinski definition) is 0. The van der Waals surface area contributed by atoms with Gasteiger partial charge in [0, 0.05) is 14.2 Å². The third-order valence-electron chi connectivity index (χ3n) is 1.01. The van der Waals surface area contributed by atoms with Crippen molar-refractivity contribution in [3.8, 4) is 0 Å². The third-order valence-corrected chi connectivity index (χ3v) is 1.01. The summed E-state index contributed by atoms with van der Waals surface area (Å²) in [6, 6.07) is 0. The Morgan fingerprint density at radius 1 is 1.25 bits per heavy atom. The van der Waals surface area contributed by atoms with Crippen molar-refractivity contribution >= 4 is 11.8 Å². The van der Waals surface area contributed by atoms with Crippen molar-refractivity contribution in [2.45, 2.75) is 19.8 Å². The molecule has 0 aromatic rings. The number of ketones is 1. The third kappa shape index (κ3) is 4.81. The second-order valence-corrected chi connectivity index (χ2v) is 2.13. The molecule has 0 fully saturated rings. The highest BCUT2D eigenvalue weighted by atomic mass is 16.8. The van der Waals surface area contributed by atoms with Crippen molar-refractivity contribution in [3.05, 3.63) is 0 Å². The monoisotopic (exact) mass is 176 g/mol. The molecule has 0 radical (unpaired) electrons. The van der Waals surface area contributed by atoms with Gasteiger partial charge in [-0.25, -0.2) is 0 Å². The Labute approximate surface area is 70.6 Å². The molecule has 0 saturated carbocycles. The van der Waals surface area contributed by atoms with Crippen LogP contribution >= 0.6 is 0 Å². The fourth-order valence-electron chi connectivity index (χ4n) is 0.545. The minimum absolute atomic E-state index is 0.258. The topological polar surface area (TPSA) is 61.8 Å². The van der Waals surface area contributed by atoms with Crippen molar-refractivity contribution in [2.75, 3.05) is 14.2 Å². The molecule has 12 heavy (non-hydrogen) atoms. The molecule has 0 rings (SSSR count). The van der Waals surface area contributed by atoms with Gasteiger partial charge in [0.05, 0.1) is 0 Å². The Kier molecular flexibility index (Phi) is 5.23. The second kappa shape index (κ2) is 5.68. The van der Waals surface area contributed by atoms with E-state index in [0.717, 1.165) is 0 Å². The summed E-state index contributed by atoms with van der Waals surface area (Å²) in [7, 11) is 2.66. The average molecular weight is 176 g/mol. The van der Waals surface area contributed by atoms with Crippen molar-refractivity contribution in [2.24, 2.45) is 0 Å². The fourth-order valence-corrected chi connectivity index (χ4v) is 0.545. The SMILES string of the molecule is COC(OC)OC(=O)CC(C)=O. The molecule has 0 spiro atoms. The van der Waals surface area contributed by atoms with E-state index in [1.165, 1.54) is 21.1 Å². The largest absolute Gasteiger partial charge is 0.410 e. The lowest BCUT2D eigenvalue weighted by atomic mass is 10.3. The van der Waals surface area contributed by atoms with E-state index >= 15 is 0 Å². The van der Waals surface area contributed by atoms with Crippen LogP contribution in [-0.2, 0) is 23.8 Å². The van der Waals surface area contributed by atoms with Crippen LogP contribution < -0.4 is 0 Å². The van der Waals surface area contributed by atoms with Crippen molar-refractivity contribution in [1.29, 1.82) is 0 Å². The van der Waals surface area contributed by atoms with Crippen LogP contribution in [0.25, 0.3) is 0 Å². The molecule has 0 unspecified atom stereocenters. The number of hydrogen-bond acceptors (Lipinski definition) is 5. The molecule has 0 aliphatic carbocycles. The Bertz CT molecular complexity index is 161. The van der Waals surface area contributed by atoms with Crippen LogP contribution in [0.15, 0.2) is 0 Å².